The molecule has 0 saturated heterocycles. The first-order chi connectivity index (χ1) is 17.0. The molecule has 4 aromatic rings. The standard InChI is InChI=1S/C26H29N5O3S/c1-3-18-9-11-20(12-10-18)25-28-21(17-35-25)16-30(13-14-34-2)22-23(27)31(26(33)29-24(22)32)15-19-7-5-4-6-8-19/h4-12,17H,3,13-16,27H2,1-2H3,(H,29,32,33). The predicted molar refractivity (Wildman–Crippen MR) is 141 cm³/mol. The molecule has 0 aliphatic heterocycles. The van der Waals surface area contributed by atoms with E-state index in [4.69, 9.17) is 15.5 Å². The summed E-state index contributed by atoms with van der Waals surface area (Å²) >= 11 is 1.55. The van der Waals surface area contributed by atoms with Gasteiger partial charge in [0.1, 0.15) is 16.5 Å². The molecule has 2 heterocycles. The summed E-state index contributed by atoms with van der Waals surface area (Å²) in [5, 5.41) is 2.89. The number of hydrogen-bond donors (Lipinski definition) is 2. The minimum absolute atomic E-state index is 0.115. The fraction of sp³-hybridized carbons (Fsp3) is 0.269. The van der Waals surface area contributed by atoms with Crippen molar-refractivity contribution in [3.63, 3.8) is 0 Å². The first-order valence-electron chi connectivity index (χ1n) is 11.4. The number of nitrogens with one attached hydrogen (secondary N) is 1. The minimum Gasteiger partial charge on any atom is -0.383 e. The average Bonchev–Trinajstić information content (AvgIpc) is 3.34. The van der Waals surface area contributed by atoms with E-state index in [0.717, 1.165) is 28.2 Å². The van der Waals surface area contributed by atoms with E-state index in [2.05, 4.69) is 36.2 Å². The van der Waals surface area contributed by atoms with Crippen molar-refractivity contribution in [2.24, 2.45) is 0 Å². The number of benzene rings is 2. The lowest BCUT2D eigenvalue weighted by Gasteiger charge is -2.25. The number of thiazole rings is 1. The topological polar surface area (TPSA) is 106 Å². The molecule has 2 aromatic heterocycles. The maximum Gasteiger partial charge on any atom is 0.330 e. The molecule has 0 aliphatic carbocycles. The monoisotopic (exact) mass is 491 g/mol. The number of aromatic nitrogens is 3. The van der Waals surface area contributed by atoms with Gasteiger partial charge < -0.3 is 15.4 Å². The number of nitrogen functional groups attached to an aromatic ring is 1. The van der Waals surface area contributed by atoms with Crippen LogP contribution in [0.2, 0.25) is 0 Å². The molecule has 182 valence electrons. The number of ether oxygens (including phenoxy) is 1. The van der Waals surface area contributed by atoms with Gasteiger partial charge in [-0.1, -0.05) is 61.5 Å². The Morgan fingerprint density at radius 3 is 2.51 bits per heavy atom. The summed E-state index contributed by atoms with van der Waals surface area (Å²) in [7, 11) is 1.60. The zero-order valence-corrected chi connectivity index (χ0v) is 20.7. The molecule has 2 aromatic carbocycles. The summed E-state index contributed by atoms with van der Waals surface area (Å²) in [5.41, 5.74) is 9.62. The van der Waals surface area contributed by atoms with Crippen molar-refractivity contribution < 1.29 is 4.74 Å². The van der Waals surface area contributed by atoms with Gasteiger partial charge in [-0.05, 0) is 17.5 Å². The normalized spacial score (nSPS) is 11.0. The number of H-pyrrole nitrogens is 1. The predicted octanol–water partition coefficient (Wildman–Crippen LogP) is 3.51. The zero-order valence-electron chi connectivity index (χ0n) is 19.9. The summed E-state index contributed by atoms with van der Waals surface area (Å²) in [6, 6.07) is 17.9. The van der Waals surface area contributed by atoms with Crippen LogP contribution in [0.3, 0.4) is 0 Å². The molecule has 4 rings (SSSR count). The summed E-state index contributed by atoms with van der Waals surface area (Å²) in [6.07, 6.45) is 0.986. The van der Waals surface area contributed by atoms with Crippen molar-refractivity contribution in [2.45, 2.75) is 26.4 Å². The number of aromatic amines is 1. The van der Waals surface area contributed by atoms with Gasteiger partial charge in [0.05, 0.1) is 25.4 Å². The number of aryl methyl sites for hydroxylation is 1. The van der Waals surface area contributed by atoms with Crippen LogP contribution in [0, 0.1) is 0 Å². The Bertz CT molecular complexity index is 1380. The summed E-state index contributed by atoms with van der Waals surface area (Å²) in [4.78, 5) is 34.5. The summed E-state index contributed by atoms with van der Waals surface area (Å²) in [5.74, 6) is 0.115. The number of methoxy groups -OCH3 is 1. The molecule has 0 radical (unpaired) electrons. The Hall–Kier alpha value is -3.69. The van der Waals surface area contributed by atoms with Gasteiger partial charge in [0.15, 0.2) is 0 Å². The summed E-state index contributed by atoms with van der Waals surface area (Å²) in [6.45, 7) is 3.52. The van der Waals surface area contributed by atoms with Crippen molar-refractivity contribution in [3.05, 3.63) is 97.6 Å². The number of anilines is 2. The third kappa shape index (κ3) is 5.70. The van der Waals surface area contributed by atoms with E-state index in [1.165, 1.54) is 10.1 Å². The van der Waals surface area contributed by atoms with Gasteiger partial charge in [0.25, 0.3) is 5.56 Å². The van der Waals surface area contributed by atoms with E-state index in [0.29, 0.717) is 19.7 Å². The molecule has 8 nitrogen and oxygen atoms in total. The highest BCUT2D eigenvalue weighted by atomic mass is 32.1. The van der Waals surface area contributed by atoms with Crippen molar-refractivity contribution in [2.75, 3.05) is 30.9 Å². The highest BCUT2D eigenvalue weighted by Crippen LogP contribution is 2.26. The Morgan fingerprint density at radius 1 is 1.09 bits per heavy atom. The number of hydrogen-bond acceptors (Lipinski definition) is 7. The fourth-order valence-corrected chi connectivity index (χ4v) is 4.69. The second kappa shape index (κ2) is 11.2. The molecular formula is C26H29N5O3S. The van der Waals surface area contributed by atoms with Crippen LogP contribution in [0.4, 0.5) is 11.5 Å². The van der Waals surface area contributed by atoms with E-state index < -0.39 is 11.2 Å². The molecular weight excluding hydrogens is 462 g/mol. The van der Waals surface area contributed by atoms with Crippen LogP contribution in [-0.4, -0.2) is 34.8 Å². The van der Waals surface area contributed by atoms with Gasteiger partial charge in [0, 0.05) is 24.6 Å². The van der Waals surface area contributed by atoms with Crippen LogP contribution in [-0.2, 0) is 24.2 Å². The lowest BCUT2D eigenvalue weighted by atomic mass is 10.1. The van der Waals surface area contributed by atoms with E-state index >= 15 is 0 Å². The van der Waals surface area contributed by atoms with Crippen molar-refractivity contribution >= 4 is 22.8 Å². The molecule has 35 heavy (non-hydrogen) atoms. The summed E-state index contributed by atoms with van der Waals surface area (Å²) < 4.78 is 6.66. The highest BCUT2D eigenvalue weighted by molar-refractivity contribution is 7.13. The molecule has 0 bridgehead atoms. The lowest BCUT2D eigenvalue weighted by Crippen LogP contribution is -2.39. The van der Waals surface area contributed by atoms with Crippen LogP contribution in [0.15, 0.2) is 69.6 Å². The molecule has 0 spiro atoms. The van der Waals surface area contributed by atoms with Crippen molar-refractivity contribution in [1.82, 2.24) is 14.5 Å². The second-order valence-electron chi connectivity index (χ2n) is 8.17. The average molecular weight is 492 g/mol. The van der Waals surface area contributed by atoms with Crippen LogP contribution in [0.1, 0.15) is 23.7 Å². The molecule has 9 heteroatoms. The van der Waals surface area contributed by atoms with E-state index in [9.17, 15) is 9.59 Å². The Morgan fingerprint density at radius 2 is 1.83 bits per heavy atom. The lowest BCUT2D eigenvalue weighted by molar-refractivity contribution is 0.205. The first-order valence-corrected chi connectivity index (χ1v) is 12.3. The zero-order chi connectivity index (χ0) is 24.8. The minimum atomic E-state index is -0.543. The molecule has 0 atom stereocenters. The van der Waals surface area contributed by atoms with Crippen molar-refractivity contribution in [3.8, 4) is 10.6 Å². The van der Waals surface area contributed by atoms with E-state index in [-0.39, 0.29) is 18.1 Å². The molecule has 0 unspecified atom stereocenters. The largest absolute Gasteiger partial charge is 0.383 e. The van der Waals surface area contributed by atoms with Crippen molar-refractivity contribution in [1.29, 1.82) is 0 Å². The maximum absolute atomic E-state index is 12.9. The number of nitrogens with zero attached hydrogens (tertiary/aromatic N) is 3. The third-order valence-corrected chi connectivity index (χ3v) is 6.73. The quantitative estimate of drug-likeness (QED) is 0.352. The molecule has 0 saturated carbocycles. The van der Waals surface area contributed by atoms with Gasteiger partial charge >= 0.3 is 5.69 Å². The van der Waals surface area contributed by atoms with Gasteiger partial charge in [0.2, 0.25) is 0 Å². The van der Waals surface area contributed by atoms with Crippen LogP contribution in [0.5, 0.6) is 0 Å². The molecule has 3 N–H and O–H groups in total. The number of rotatable bonds is 10. The second-order valence-corrected chi connectivity index (χ2v) is 9.03. The van der Waals surface area contributed by atoms with Crippen LogP contribution in [0.25, 0.3) is 10.6 Å². The van der Waals surface area contributed by atoms with Crippen LogP contribution >= 0.6 is 11.3 Å². The van der Waals surface area contributed by atoms with Gasteiger partial charge in [-0.25, -0.2) is 9.78 Å². The highest BCUT2D eigenvalue weighted by Gasteiger charge is 2.20. The molecule has 0 aliphatic rings. The Labute approximate surface area is 207 Å². The fourth-order valence-electron chi connectivity index (χ4n) is 3.87. The van der Waals surface area contributed by atoms with E-state index in [1.807, 2.05) is 40.6 Å². The molecule has 0 amide bonds. The SMILES string of the molecule is CCc1ccc(-c2nc(CN(CCOC)c3c(N)n(Cc4ccccc4)c(=O)[nH]c3=O)cs2)cc1. The van der Waals surface area contributed by atoms with Gasteiger partial charge in [-0.15, -0.1) is 11.3 Å². The Kier molecular flexibility index (Phi) is 7.79. The van der Waals surface area contributed by atoms with Gasteiger partial charge in [-0.3, -0.25) is 14.3 Å². The Balaban J connectivity index is 1.66. The maximum atomic E-state index is 12.9. The van der Waals surface area contributed by atoms with Gasteiger partial charge in [-0.2, -0.15) is 0 Å². The first kappa shape index (κ1) is 24.4. The van der Waals surface area contributed by atoms with E-state index in [1.54, 1.807) is 18.4 Å². The van der Waals surface area contributed by atoms with Crippen LogP contribution < -0.4 is 21.9 Å². The third-order valence-electron chi connectivity index (χ3n) is 5.79. The smallest absolute Gasteiger partial charge is 0.330 e. The number of nitrogens with two attached hydrogens (primary N) is 1. The molecule has 0 fully saturated rings.